The van der Waals surface area contributed by atoms with Crippen LogP contribution in [0.4, 0.5) is 10.1 Å². The summed E-state index contributed by atoms with van der Waals surface area (Å²) in [6.07, 6.45) is -2.60. The van der Waals surface area contributed by atoms with Crippen molar-refractivity contribution in [3.05, 3.63) is 64.0 Å². The Hall–Kier alpha value is -3.25. The molecule has 2 aliphatic rings. The normalized spacial score (nSPS) is 27.5. The van der Waals surface area contributed by atoms with E-state index in [0.717, 1.165) is 0 Å². The fourth-order valence-corrected chi connectivity index (χ4v) is 6.27. The molecule has 1 amide bonds. The van der Waals surface area contributed by atoms with Crippen molar-refractivity contribution in [2.75, 3.05) is 18.6 Å². The van der Waals surface area contributed by atoms with Crippen molar-refractivity contribution in [2.45, 2.75) is 68.8 Å². The number of anilines is 1. The van der Waals surface area contributed by atoms with Crippen molar-refractivity contribution in [3.63, 3.8) is 0 Å². The molecule has 2 fully saturated rings. The molecule has 11 nitrogen and oxygen atoms in total. The molecule has 2 aromatic carbocycles. The van der Waals surface area contributed by atoms with E-state index in [2.05, 4.69) is 32.3 Å². The van der Waals surface area contributed by atoms with E-state index < -0.39 is 60.9 Å². The molecule has 3 aromatic rings. The summed E-state index contributed by atoms with van der Waals surface area (Å²) in [4.78, 5) is 15.8. The summed E-state index contributed by atoms with van der Waals surface area (Å²) in [5.41, 5.74) is 1.96. The van der Waals surface area contributed by atoms with Crippen LogP contribution in [0.2, 0.25) is 0 Å². The van der Waals surface area contributed by atoms with Crippen LogP contribution < -0.4 is 4.90 Å². The number of aryl methyl sites for hydroxylation is 1. The summed E-state index contributed by atoms with van der Waals surface area (Å²) in [5, 5.41) is 50.1. The zero-order valence-electron chi connectivity index (χ0n) is 23.0. The molecule has 5 rings (SSSR count). The molecule has 0 radical (unpaired) electrons. The van der Waals surface area contributed by atoms with Gasteiger partial charge in [0.25, 0.3) is 5.91 Å². The second-order valence-corrected chi connectivity index (χ2v) is 11.5. The lowest BCUT2D eigenvalue weighted by atomic mass is 9.91. The summed E-state index contributed by atoms with van der Waals surface area (Å²) >= 11 is 3.40. The van der Waals surface area contributed by atoms with E-state index in [4.69, 9.17) is 9.47 Å². The maximum atomic E-state index is 14.4. The molecule has 1 aliphatic carbocycles. The van der Waals surface area contributed by atoms with Crippen LogP contribution in [0, 0.1) is 24.1 Å². The lowest BCUT2D eigenvalue weighted by Crippen LogP contribution is -2.62. The van der Waals surface area contributed by atoms with E-state index in [1.165, 1.54) is 29.0 Å². The fourth-order valence-electron chi connectivity index (χ4n) is 5.79. The van der Waals surface area contributed by atoms with Crippen molar-refractivity contribution in [1.82, 2.24) is 15.0 Å². The number of halogens is 2. The molecule has 1 saturated carbocycles. The lowest BCUT2D eigenvalue weighted by Gasteiger charge is -2.45. The topological polar surface area (TPSA) is 154 Å². The van der Waals surface area contributed by atoms with E-state index in [9.17, 15) is 29.8 Å². The SMILES string of the molecule is CO[C@@H]1[C@@H](n2cc(-c3ccc(C)c(F)c3)nn2)[C@@H](O)[C@@H](CO)O[C@H]1C(=O)N(c1cc(Br)cc(C#N)c1)[C@@H]1CCC[C@H]1O. The Morgan fingerprint density at radius 1 is 1.29 bits per heavy atom. The molecule has 0 bridgehead atoms. The molecule has 1 saturated heterocycles. The maximum Gasteiger partial charge on any atom is 0.259 e. The van der Waals surface area contributed by atoms with Gasteiger partial charge in [-0.3, -0.25) is 4.79 Å². The Morgan fingerprint density at radius 2 is 2.07 bits per heavy atom. The van der Waals surface area contributed by atoms with Gasteiger partial charge in [-0.1, -0.05) is 33.3 Å². The van der Waals surface area contributed by atoms with Crippen LogP contribution in [0.15, 0.2) is 47.1 Å². The van der Waals surface area contributed by atoms with E-state index in [0.29, 0.717) is 51.8 Å². The molecule has 1 aromatic heterocycles. The zero-order valence-corrected chi connectivity index (χ0v) is 24.6. The third-order valence-corrected chi connectivity index (χ3v) is 8.43. The number of ether oxygens (including phenoxy) is 2. The number of benzene rings is 2. The van der Waals surface area contributed by atoms with Crippen LogP contribution in [-0.4, -0.2) is 86.5 Å². The molecule has 1 aliphatic heterocycles. The van der Waals surface area contributed by atoms with Crippen LogP contribution in [0.25, 0.3) is 11.3 Å². The second kappa shape index (κ2) is 12.5. The predicted octanol–water partition coefficient (Wildman–Crippen LogP) is 2.65. The molecule has 2 heterocycles. The van der Waals surface area contributed by atoms with Crippen LogP contribution in [0.3, 0.4) is 0 Å². The molecular formula is C29H31BrFN5O6. The average Bonchev–Trinajstić information content (AvgIpc) is 3.63. The third kappa shape index (κ3) is 5.70. The highest BCUT2D eigenvalue weighted by atomic mass is 79.9. The van der Waals surface area contributed by atoms with E-state index >= 15 is 0 Å². The molecular weight excluding hydrogens is 613 g/mol. The highest BCUT2D eigenvalue weighted by Gasteiger charge is 2.52. The van der Waals surface area contributed by atoms with Crippen LogP contribution >= 0.6 is 15.9 Å². The third-order valence-electron chi connectivity index (χ3n) is 7.97. The number of amides is 1. The standard InChI is InChI=1S/C29H31BrFN5O6/c1-15-6-7-17(10-20(15)31)21-13-35(34-33-21)25-26(39)24(14-37)42-28(27(25)41-2)29(40)36(22-4-3-5-23(22)38)19-9-16(12-32)8-18(30)11-19/h6-11,13,22-28,37-39H,3-5,14H2,1-2H3/t22-,23-,24-,25+,26+,27-,28-/m1/s1. The molecule has 222 valence electrons. The first-order chi connectivity index (χ1) is 20.2. The van der Waals surface area contributed by atoms with Gasteiger partial charge in [-0.2, -0.15) is 5.26 Å². The quantitative estimate of drug-likeness (QED) is 0.352. The summed E-state index contributed by atoms with van der Waals surface area (Å²) < 4.78 is 27.9. The Morgan fingerprint density at radius 3 is 2.71 bits per heavy atom. The zero-order chi connectivity index (χ0) is 30.1. The number of carbonyl (C=O) groups is 1. The van der Waals surface area contributed by atoms with E-state index in [-0.39, 0.29) is 0 Å². The van der Waals surface area contributed by atoms with Crippen molar-refractivity contribution < 1.29 is 34.0 Å². The Labute approximate surface area is 250 Å². The minimum atomic E-state index is -1.35. The smallest absolute Gasteiger partial charge is 0.259 e. The van der Waals surface area contributed by atoms with Gasteiger partial charge >= 0.3 is 0 Å². The van der Waals surface area contributed by atoms with Gasteiger partial charge in [0.15, 0.2) is 6.10 Å². The summed E-state index contributed by atoms with van der Waals surface area (Å²) in [6, 6.07) is 9.94. The van der Waals surface area contributed by atoms with E-state index in [1.54, 1.807) is 37.3 Å². The van der Waals surface area contributed by atoms with Gasteiger partial charge in [0.1, 0.15) is 35.9 Å². The van der Waals surface area contributed by atoms with Crippen molar-refractivity contribution >= 4 is 27.5 Å². The average molecular weight is 644 g/mol. The van der Waals surface area contributed by atoms with E-state index in [1.807, 2.05) is 0 Å². The van der Waals surface area contributed by atoms with Crippen molar-refractivity contribution in [1.29, 1.82) is 5.26 Å². The number of rotatable bonds is 7. The van der Waals surface area contributed by atoms with Gasteiger partial charge in [0.05, 0.1) is 36.6 Å². The molecule has 13 heteroatoms. The monoisotopic (exact) mass is 643 g/mol. The molecule has 42 heavy (non-hydrogen) atoms. The van der Waals surface area contributed by atoms with Gasteiger partial charge in [0, 0.05) is 22.8 Å². The second-order valence-electron chi connectivity index (χ2n) is 10.6. The predicted molar refractivity (Wildman–Crippen MR) is 152 cm³/mol. The largest absolute Gasteiger partial charge is 0.394 e. The lowest BCUT2D eigenvalue weighted by molar-refractivity contribution is -0.211. The molecule has 0 unspecified atom stereocenters. The van der Waals surface area contributed by atoms with Gasteiger partial charge in [0.2, 0.25) is 0 Å². The number of aliphatic hydroxyl groups excluding tert-OH is 3. The summed E-state index contributed by atoms with van der Waals surface area (Å²) in [7, 11) is 1.36. The number of aliphatic hydroxyl groups is 3. The maximum absolute atomic E-state index is 14.4. The Bertz CT molecular complexity index is 1500. The molecule has 0 spiro atoms. The molecule has 3 N–H and O–H groups in total. The van der Waals surface area contributed by atoms with Crippen LogP contribution in [0.5, 0.6) is 0 Å². The van der Waals surface area contributed by atoms with Gasteiger partial charge in [-0.15, -0.1) is 5.10 Å². The van der Waals surface area contributed by atoms with Crippen molar-refractivity contribution in [3.8, 4) is 17.3 Å². The highest BCUT2D eigenvalue weighted by molar-refractivity contribution is 9.10. The van der Waals surface area contributed by atoms with Crippen LogP contribution in [0.1, 0.15) is 36.4 Å². The number of carbonyl (C=O) groups excluding carboxylic acids is 1. The summed E-state index contributed by atoms with van der Waals surface area (Å²) in [6.45, 7) is 1.04. The van der Waals surface area contributed by atoms with Gasteiger partial charge in [-0.25, -0.2) is 9.07 Å². The minimum absolute atomic E-state index is 0.307. The first-order valence-electron chi connectivity index (χ1n) is 13.5. The Kier molecular flexibility index (Phi) is 9.03. The molecule has 7 atom stereocenters. The fraction of sp³-hybridized carbons (Fsp3) is 0.448. The number of hydrogen-bond donors (Lipinski definition) is 3. The number of methoxy groups -OCH3 is 1. The highest BCUT2D eigenvalue weighted by Crippen LogP contribution is 2.37. The number of nitriles is 1. The minimum Gasteiger partial charge on any atom is -0.394 e. The number of hydrogen-bond acceptors (Lipinski definition) is 9. The van der Waals surface area contributed by atoms with Crippen LogP contribution in [-0.2, 0) is 14.3 Å². The summed E-state index contributed by atoms with van der Waals surface area (Å²) in [5.74, 6) is -0.985. The van der Waals surface area contributed by atoms with Gasteiger partial charge < -0.3 is 29.7 Å². The number of aromatic nitrogens is 3. The first-order valence-corrected chi connectivity index (χ1v) is 14.3. The first kappa shape index (κ1) is 30.2. The van der Waals surface area contributed by atoms with Gasteiger partial charge in [-0.05, 0) is 56.0 Å². The Balaban J connectivity index is 1.55. The number of nitrogens with zero attached hydrogens (tertiary/aromatic N) is 5. The van der Waals surface area contributed by atoms with Crippen molar-refractivity contribution in [2.24, 2.45) is 0 Å².